The van der Waals surface area contributed by atoms with Gasteiger partial charge in [-0.2, -0.15) is 0 Å². The zero-order valence-electron chi connectivity index (χ0n) is 19.3. The van der Waals surface area contributed by atoms with Crippen molar-refractivity contribution in [3.8, 4) is 25.2 Å². The lowest BCUT2D eigenvalue weighted by Gasteiger charge is -2.06. The SMILES string of the molecule is C#C.C#Cc1ccc(/C(C=C)=C/C)cc1.C/C=C\C=C(/C)OC/C(=C/C)N=C(C)C. The first kappa shape index (κ1) is 28.7. The van der Waals surface area contributed by atoms with Crippen molar-refractivity contribution in [1.82, 2.24) is 0 Å². The van der Waals surface area contributed by atoms with Gasteiger partial charge in [0, 0.05) is 11.3 Å². The normalized spacial score (nSPS) is 11.2. The zero-order valence-corrected chi connectivity index (χ0v) is 19.3. The maximum absolute atomic E-state index is 5.53. The first-order valence-electron chi connectivity index (χ1n) is 9.70. The van der Waals surface area contributed by atoms with E-state index in [0.717, 1.165) is 33.9 Å². The van der Waals surface area contributed by atoms with E-state index in [1.165, 1.54) is 0 Å². The fraction of sp³-hybridized carbons (Fsp3) is 0.250. The highest BCUT2D eigenvalue weighted by molar-refractivity contribution is 5.80. The van der Waals surface area contributed by atoms with E-state index in [9.17, 15) is 0 Å². The van der Waals surface area contributed by atoms with Gasteiger partial charge in [0.1, 0.15) is 6.61 Å². The lowest BCUT2D eigenvalue weighted by atomic mass is 10.0. The Bertz CT molecular complexity index is 831. The largest absolute Gasteiger partial charge is 0.492 e. The molecule has 30 heavy (non-hydrogen) atoms. The van der Waals surface area contributed by atoms with Gasteiger partial charge >= 0.3 is 0 Å². The molecule has 0 aliphatic carbocycles. The maximum Gasteiger partial charge on any atom is 0.129 e. The zero-order chi connectivity index (χ0) is 23.4. The van der Waals surface area contributed by atoms with E-state index in [-0.39, 0.29) is 0 Å². The molecule has 0 atom stereocenters. The van der Waals surface area contributed by atoms with E-state index in [1.807, 2.05) is 102 Å². The van der Waals surface area contributed by atoms with Crippen molar-refractivity contribution in [1.29, 1.82) is 0 Å². The number of hydrogen-bond acceptors (Lipinski definition) is 2. The van der Waals surface area contributed by atoms with Crippen molar-refractivity contribution in [3.63, 3.8) is 0 Å². The average Bonchev–Trinajstić information content (AvgIpc) is 2.78. The van der Waals surface area contributed by atoms with Crippen LogP contribution in [-0.2, 0) is 4.74 Å². The van der Waals surface area contributed by atoms with Gasteiger partial charge in [-0.05, 0) is 70.9 Å². The summed E-state index contributed by atoms with van der Waals surface area (Å²) in [7, 11) is 0. The molecule has 0 fully saturated rings. The number of hydrogen-bond donors (Lipinski definition) is 0. The molecule has 0 aliphatic rings. The Morgan fingerprint density at radius 3 is 2.07 bits per heavy atom. The molecule has 0 saturated carbocycles. The van der Waals surface area contributed by atoms with Crippen molar-refractivity contribution >= 4 is 11.3 Å². The number of rotatable bonds is 7. The summed E-state index contributed by atoms with van der Waals surface area (Å²) in [5.74, 6) is 3.48. The minimum absolute atomic E-state index is 0.529. The van der Waals surface area contributed by atoms with Crippen molar-refractivity contribution in [2.75, 3.05) is 6.61 Å². The van der Waals surface area contributed by atoms with Crippen molar-refractivity contribution in [2.24, 2.45) is 4.99 Å². The Hall–Kier alpha value is -3.49. The number of nitrogens with zero attached hydrogens (tertiary/aromatic N) is 1. The van der Waals surface area contributed by atoms with Gasteiger partial charge in [-0.15, -0.1) is 19.3 Å². The lowest BCUT2D eigenvalue weighted by Crippen LogP contribution is -1.96. The van der Waals surface area contributed by atoms with E-state index < -0.39 is 0 Å². The molecule has 1 aromatic carbocycles. The third kappa shape index (κ3) is 13.6. The second kappa shape index (κ2) is 18.9. The fourth-order valence-electron chi connectivity index (χ4n) is 2.10. The van der Waals surface area contributed by atoms with Crippen LogP contribution in [-0.4, -0.2) is 12.3 Å². The lowest BCUT2D eigenvalue weighted by molar-refractivity contribution is 0.240. The summed E-state index contributed by atoms with van der Waals surface area (Å²) in [5, 5.41) is 0. The van der Waals surface area contributed by atoms with Gasteiger partial charge in [-0.1, -0.05) is 55.0 Å². The van der Waals surface area contributed by atoms with Gasteiger partial charge in [-0.3, -0.25) is 4.99 Å². The van der Waals surface area contributed by atoms with Crippen LogP contribution in [0.2, 0.25) is 0 Å². The maximum atomic E-state index is 5.53. The third-order valence-electron chi connectivity index (χ3n) is 3.59. The van der Waals surface area contributed by atoms with Crippen molar-refractivity contribution in [3.05, 3.63) is 89.9 Å². The molecule has 0 bridgehead atoms. The predicted octanol–water partition coefficient (Wildman–Crippen LogP) is 7.37. The molecule has 0 heterocycles. The molecule has 0 unspecified atom stereocenters. The average molecular weight is 402 g/mol. The minimum Gasteiger partial charge on any atom is -0.492 e. The van der Waals surface area contributed by atoms with Gasteiger partial charge in [-0.25, -0.2) is 0 Å². The Morgan fingerprint density at radius 1 is 1.07 bits per heavy atom. The monoisotopic (exact) mass is 401 g/mol. The third-order valence-corrected chi connectivity index (χ3v) is 3.59. The van der Waals surface area contributed by atoms with E-state index in [1.54, 1.807) is 0 Å². The first-order valence-corrected chi connectivity index (χ1v) is 9.70. The first-order chi connectivity index (χ1) is 14.4. The number of ether oxygens (including phenoxy) is 1. The Kier molecular flexibility index (Phi) is 18.0. The van der Waals surface area contributed by atoms with Crippen LogP contribution in [0.1, 0.15) is 52.7 Å². The molecule has 2 heteroatoms. The van der Waals surface area contributed by atoms with Gasteiger partial charge < -0.3 is 4.74 Å². The highest BCUT2D eigenvalue weighted by Gasteiger charge is 1.95. The molecule has 0 spiro atoms. The summed E-state index contributed by atoms with van der Waals surface area (Å²) in [6.07, 6.45) is 25.0. The van der Waals surface area contributed by atoms with Crippen LogP contribution < -0.4 is 0 Å². The second-order valence-electron chi connectivity index (χ2n) is 6.10. The number of aliphatic imine (C=N–C) groups is 1. The molecule has 0 saturated heterocycles. The molecular formula is C28H35NO. The minimum atomic E-state index is 0.529. The van der Waals surface area contributed by atoms with Crippen LogP contribution in [0.3, 0.4) is 0 Å². The molecule has 158 valence electrons. The van der Waals surface area contributed by atoms with Crippen LogP contribution in [0.15, 0.2) is 83.7 Å². The standard InChI is InChI=1S/C13H21NO.C13H12.C2H2/c1-6-8-9-12(5)15-10-13(7-2)14-11(3)4;1-4-11-7-9-13(10-8-11)12(5-2)6-3;1-2/h6-9H,10H2,1-5H3;1,5-10H,2H2,3H3;1-2H/b8-6-,12-9+,13-7-;12-6+;. The summed E-state index contributed by atoms with van der Waals surface area (Å²) in [4.78, 5) is 4.36. The summed E-state index contributed by atoms with van der Waals surface area (Å²) < 4.78 is 5.53. The summed E-state index contributed by atoms with van der Waals surface area (Å²) in [5.41, 5.74) is 5.19. The van der Waals surface area contributed by atoms with E-state index >= 15 is 0 Å². The summed E-state index contributed by atoms with van der Waals surface area (Å²) in [6.45, 7) is 16.1. The van der Waals surface area contributed by atoms with Gasteiger partial charge in [0.15, 0.2) is 0 Å². The number of allylic oxidation sites excluding steroid dienone is 8. The Balaban J connectivity index is 0. The van der Waals surface area contributed by atoms with Gasteiger partial charge in [0.2, 0.25) is 0 Å². The highest BCUT2D eigenvalue weighted by atomic mass is 16.5. The Morgan fingerprint density at radius 2 is 1.67 bits per heavy atom. The van der Waals surface area contributed by atoms with Crippen LogP contribution in [0, 0.1) is 25.2 Å². The highest BCUT2D eigenvalue weighted by Crippen LogP contribution is 2.15. The van der Waals surface area contributed by atoms with Gasteiger partial charge in [0.25, 0.3) is 0 Å². The van der Waals surface area contributed by atoms with Crippen LogP contribution in [0.5, 0.6) is 0 Å². The van der Waals surface area contributed by atoms with Crippen LogP contribution in [0.4, 0.5) is 0 Å². The molecule has 2 nitrogen and oxygen atoms in total. The quantitative estimate of drug-likeness (QED) is 0.202. The molecule has 0 N–H and O–H groups in total. The van der Waals surface area contributed by atoms with E-state index in [2.05, 4.69) is 30.3 Å². The molecule has 0 aromatic heterocycles. The molecule has 0 amide bonds. The Labute approximate surface area is 184 Å². The van der Waals surface area contributed by atoms with E-state index in [0.29, 0.717) is 6.61 Å². The predicted molar refractivity (Wildman–Crippen MR) is 135 cm³/mol. The fourth-order valence-corrected chi connectivity index (χ4v) is 2.10. The number of terminal acetylenes is 2. The molecule has 0 aliphatic heterocycles. The van der Waals surface area contributed by atoms with Crippen molar-refractivity contribution < 1.29 is 4.74 Å². The molecular weight excluding hydrogens is 366 g/mol. The van der Waals surface area contributed by atoms with Gasteiger partial charge in [0.05, 0.1) is 11.5 Å². The van der Waals surface area contributed by atoms with Crippen molar-refractivity contribution in [2.45, 2.75) is 41.5 Å². The topological polar surface area (TPSA) is 21.6 Å². The van der Waals surface area contributed by atoms with Crippen LogP contribution in [0.25, 0.3) is 5.57 Å². The second-order valence-corrected chi connectivity index (χ2v) is 6.10. The summed E-state index contributed by atoms with van der Waals surface area (Å²) >= 11 is 0. The summed E-state index contributed by atoms with van der Waals surface area (Å²) in [6, 6.07) is 7.88. The van der Waals surface area contributed by atoms with E-state index in [4.69, 9.17) is 11.2 Å². The molecule has 1 rings (SSSR count). The number of benzene rings is 1. The van der Waals surface area contributed by atoms with Crippen LogP contribution >= 0.6 is 0 Å². The smallest absolute Gasteiger partial charge is 0.129 e. The molecule has 1 aromatic rings. The molecule has 0 radical (unpaired) electrons.